The second kappa shape index (κ2) is 5.91. The van der Waals surface area contributed by atoms with E-state index in [4.69, 9.17) is 0 Å². The van der Waals surface area contributed by atoms with Gasteiger partial charge in [-0.05, 0) is 32.0 Å². The molecule has 1 aromatic carbocycles. The lowest BCUT2D eigenvalue weighted by atomic mass is 10.1. The van der Waals surface area contributed by atoms with Crippen LogP contribution in [0.25, 0.3) is 0 Å². The van der Waals surface area contributed by atoms with Gasteiger partial charge in [-0.3, -0.25) is 9.78 Å². The minimum absolute atomic E-state index is 0.219. The van der Waals surface area contributed by atoms with Crippen LogP contribution in [-0.4, -0.2) is 16.6 Å². The molecule has 0 aliphatic heterocycles. The number of aromatic nitrogens is 1. The summed E-state index contributed by atoms with van der Waals surface area (Å²) in [5.74, 6) is -0.219. The fraction of sp³-hybridized carbons (Fsp3) is 0.133. The summed E-state index contributed by atoms with van der Waals surface area (Å²) < 4.78 is 0. The van der Waals surface area contributed by atoms with Crippen molar-refractivity contribution >= 4 is 11.6 Å². The van der Waals surface area contributed by atoms with Crippen LogP contribution in [0.3, 0.4) is 0 Å². The number of carbonyl (C=O) groups is 1. The number of rotatable bonds is 3. The summed E-state index contributed by atoms with van der Waals surface area (Å²) in [7, 11) is 0. The number of hydrogen-bond acceptors (Lipinski definition) is 3. The van der Waals surface area contributed by atoms with E-state index in [1.165, 1.54) is 0 Å². The number of nitrogens with zero attached hydrogens (tertiary/aromatic N) is 2. The van der Waals surface area contributed by atoms with Crippen LogP contribution in [0.5, 0.6) is 0 Å². The quantitative estimate of drug-likeness (QED) is 0.675. The molecular weight excluding hydrogens is 238 g/mol. The van der Waals surface area contributed by atoms with E-state index >= 15 is 0 Å². The number of pyridine rings is 1. The largest absolute Gasteiger partial charge is 0.271 e. The van der Waals surface area contributed by atoms with Crippen molar-refractivity contribution in [1.29, 1.82) is 0 Å². The highest BCUT2D eigenvalue weighted by atomic mass is 16.2. The van der Waals surface area contributed by atoms with Gasteiger partial charge < -0.3 is 0 Å². The molecule has 0 spiro atoms. The molecule has 4 nitrogen and oxygen atoms in total. The third-order valence-corrected chi connectivity index (χ3v) is 2.72. The smallest absolute Gasteiger partial charge is 0.267 e. The number of hydrogen-bond donors (Lipinski definition) is 1. The summed E-state index contributed by atoms with van der Waals surface area (Å²) in [6.07, 6.45) is 3.40. The maximum Gasteiger partial charge on any atom is 0.271 e. The molecule has 0 atom stereocenters. The van der Waals surface area contributed by atoms with Crippen LogP contribution in [-0.2, 0) is 0 Å². The molecule has 19 heavy (non-hydrogen) atoms. The lowest BCUT2D eigenvalue weighted by Crippen LogP contribution is -2.19. The van der Waals surface area contributed by atoms with Gasteiger partial charge in [0.15, 0.2) is 0 Å². The zero-order valence-electron chi connectivity index (χ0n) is 10.9. The lowest BCUT2D eigenvalue weighted by Gasteiger charge is -2.03. The van der Waals surface area contributed by atoms with Gasteiger partial charge in [-0.25, -0.2) is 5.43 Å². The van der Waals surface area contributed by atoms with Crippen LogP contribution in [0.2, 0.25) is 0 Å². The van der Waals surface area contributed by atoms with Crippen molar-refractivity contribution in [2.75, 3.05) is 0 Å². The second-order valence-corrected chi connectivity index (χ2v) is 4.25. The molecule has 0 aliphatic rings. The van der Waals surface area contributed by atoms with Crippen molar-refractivity contribution in [1.82, 2.24) is 10.4 Å². The van der Waals surface area contributed by atoms with E-state index in [0.717, 1.165) is 11.1 Å². The fourth-order valence-corrected chi connectivity index (χ4v) is 1.55. The SMILES string of the molecule is CC(=NNC(=O)c1ccc(C)cc1)c1cccnc1. The Morgan fingerprint density at radius 1 is 1.16 bits per heavy atom. The standard InChI is InChI=1S/C15H15N3O/c1-11-5-7-13(8-6-11)15(19)18-17-12(2)14-4-3-9-16-10-14/h3-10H,1-2H3,(H,18,19). The van der Waals surface area contributed by atoms with Crippen LogP contribution in [0, 0.1) is 6.92 Å². The fourth-order valence-electron chi connectivity index (χ4n) is 1.55. The molecule has 1 amide bonds. The zero-order valence-corrected chi connectivity index (χ0v) is 10.9. The molecule has 1 aromatic heterocycles. The van der Waals surface area contributed by atoms with Crippen molar-refractivity contribution < 1.29 is 4.79 Å². The summed E-state index contributed by atoms with van der Waals surface area (Å²) in [4.78, 5) is 15.9. The van der Waals surface area contributed by atoms with Crippen LogP contribution in [0.15, 0.2) is 53.9 Å². The van der Waals surface area contributed by atoms with Gasteiger partial charge in [0.05, 0.1) is 5.71 Å². The van der Waals surface area contributed by atoms with Gasteiger partial charge >= 0.3 is 0 Å². The average Bonchev–Trinajstić information content (AvgIpc) is 2.46. The number of carbonyl (C=O) groups excluding carboxylic acids is 1. The molecule has 0 radical (unpaired) electrons. The Kier molecular flexibility index (Phi) is 4.03. The van der Waals surface area contributed by atoms with Crippen LogP contribution < -0.4 is 5.43 Å². The van der Waals surface area contributed by atoms with E-state index in [1.807, 2.05) is 38.1 Å². The summed E-state index contributed by atoms with van der Waals surface area (Å²) in [5.41, 5.74) is 5.84. The second-order valence-electron chi connectivity index (χ2n) is 4.25. The maximum atomic E-state index is 11.9. The van der Waals surface area contributed by atoms with E-state index < -0.39 is 0 Å². The number of amides is 1. The number of aryl methyl sites for hydroxylation is 1. The molecule has 0 aliphatic carbocycles. The van der Waals surface area contributed by atoms with Crippen molar-refractivity contribution in [3.8, 4) is 0 Å². The van der Waals surface area contributed by atoms with E-state index in [-0.39, 0.29) is 5.91 Å². The van der Waals surface area contributed by atoms with E-state index in [1.54, 1.807) is 24.5 Å². The molecule has 0 bridgehead atoms. The number of nitrogens with one attached hydrogen (secondary N) is 1. The molecule has 1 heterocycles. The molecule has 0 saturated carbocycles. The Labute approximate surface area is 112 Å². The first-order chi connectivity index (χ1) is 9.16. The van der Waals surface area contributed by atoms with Crippen molar-refractivity contribution in [3.05, 3.63) is 65.5 Å². The molecule has 4 heteroatoms. The van der Waals surface area contributed by atoms with Gasteiger partial charge in [0.25, 0.3) is 5.91 Å². The maximum absolute atomic E-state index is 11.9. The van der Waals surface area contributed by atoms with E-state index in [9.17, 15) is 4.79 Å². The van der Waals surface area contributed by atoms with Gasteiger partial charge in [-0.15, -0.1) is 0 Å². The summed E-state index contributed by atoms with van der Waals surface area (Å²) in [6, 6.07) is 11.1. The Hall–Kier alpha value is -2.49. The lowest BCUT2D eigenvalue weighted by molar-refractivity contribution is 0.0955. The predicted octanol–water partition coefficient (Wildman–Crippen LogP) is 2.54. The van der Waals surface area contributed by atoms with E-state index in [0.29, 0.717) is 11.3 Å². The highest BCUT2D eigenvalue weighted by molar-refractivity contribution is 6.00. The molecule has 2 aromatic rings. The third-order valence-electron chi connectivity index (χ3n) is 2.72. The first-order valence-electron chi connectivity index (χ1n) is 5.98. The van der Waals surface area contributed by atoms with Gasteiger partial charge in [-0.1, -0.05) is 23.8 Å². The Morgan fingerprint density at radius 3 is 2.53 bits per heavy atom. The minimum atomic E-state index is -0.219. The number of benzene rings is 1. The highest BCUT2D eigenvalue weighted by Crippen LogP contribution is 2.03. The molecule has 96 valence electrons. The van der Waals surface area contributed by atoms with Gasteiger partial charge in [0.2, 0.25) is 0 Å². The van der Waals surface area contributed by atoms with E-state index in [2.05, 4.69) is 15.5 Å². The summed E-state index contributed by atoms with van der Waals surface area (Å²) in [5, 5.41) is 4.07. The third kappa shape index (κ3) is 3.48. The average molecular weight is 253 g/mol. The van der Waals surface area contributed by atoms with Crippen molar-refractivity contribution in [2.24, 2.45) is 5.10 Å². The predicted molar refractivity (Wildman–Crippen MR) is 75.1 cm³/mol. The van der Waals surface area contributed by atoms with Crippen molar-refractivity contribution in [3.63, 3.8) is 0 Å². The molecule has 0 saturated heterocycles. The minimum Gasteiger partial charge on any atom is -0.267 e. The summed E-state index contributed by atoms with van der Waals surface area (Å²) in [6.45, 7) is 3.80. The Balaban J connectivity index is 2.06. The monoisotopic (exact) mass is 253 g/mol. The molecule has 0 unspecified atom stereocenters. The Bertz CT molecular complexity index is 589. The van der Waals surface area contributed by atoms with Crippen LogP contribution >= 0.6 is 0 Å². The number of hydrazone groups is 1. The van der Waals surface area contributed by atoms with Crippen molar-refractivity contribution in [2.45, 2.75) is 13.8 Å². The molecular formula is C15H15N3O. The first-order valence-corrected chi connectivity index (χ1v) is 5.98. The highest BCUT2D eigenvalue weighted by Gasteiger charge is 2.04. The molecule has 1 N–H and O–H groups in total. The summed E-state index contributed by atoms with van der Waals surface area (Å²) >= 11 is 0. The van der Waals surface area contributed by atoms with Gasteiger partial charge in [0.1, 0.15) is 0 Å². The van der Waals surface area contributed by atoms with Gasteiger partial charge in [-0.2, -0.15) is 5.10 Å². The molecule has 2 rings (SSSR count). The normalized spacial score (nSPS) is 11.2. The first kappa shape index (κ1) is 13.0. The topological polar surface area (TPSA) is 54.4 Å². The Morgan fingerprint density at radius 2 is 1.89 bits per heavy atom. The van der Waals surface area contributed by atoms with Crippen LogP contribution in [0.4, 0.5) is 0 Å². The zero-order chi connectivity index (χ0) is 13.7. The van der Waals surface area contributed by atoms with Gasteiger partial charge in [0, 0.05) is 23.5 Å². The molecule has 0 fully saturated rings. The van der Waals surface area contributed by atoms with Crippen LogP contribution in [0.1, 0.15) is 28.4 Å².